The predicted octanol–water partition coefficient (Wildman–Crippen LogP) is 4.29. The van der Waals surface area contributed by atoms with E-state index < -0.39 is 29.9 Å². The monoisotopic (exact) mass is 403 g/mol. The second-order valence-corrected chi connectivity index (χ2v) is 7.09. The molecule has 1 amide bonds. The van der Waals surface area contributed by atoms with Crippen LogP contribution in [0.1, 0.15) is 27.9 Å². The van der Waals surface area contributed by atoms with Gasteiger partial charge in [0.2, 0.25) is 11.6 Å². The lowest BCUT2D eigenvalue weighted by Gasteiger charge is -2.16. The van der Waals surface area contributed by atoms with Crippen LogP contribution in [-0.2, 0) is 17.5 Å². The normalized spacial score (nSPS) is 11.7. The minimum absolute atomic E-state index is 0.0138. The molecule has 152 valence electrons. The van der Waals surface area contributed by atoms with Gasteiger partial charge in [-0.2, -0.15) is 13.2 Å². The summed E-state index contributed by atoms with van der Waals surface area (Å²) in [6, 6.07) is 8.52. The molecule has 0 spiro atoms. The van der Waals surface area contributed by atoms with Gasteiger partial charge in [0.1, 0.15) is 6.54 Å². The van der Waals surface area contributed by atoms with Gasteiger partial charge in [0.15, 0.2) is 0 Å². The average molecular weight is 403 g/mol. The van der Waals surface area contributed by atoms with E-state index in [4.69, 9.17) is 0 Å². The standard InChI is InChI=1S/C21H20F3N3O2/c1-11-6-5-7-12(2)18(11)26-17(28)10-27-16-9-14(4)13(3)8-15(16)25-19(20(27)29)21(22,23)24/h5-9H,10H2,1-4H3,(H,26,28). The van der Waals surface area contributed by atoms with Crippen molar-refractivity contribution in [2.45, 2.75) is 40.4 Å². The first-order chi connectivity index (χ1) is 13.5. The van der Waals surface area contributed by atoms with Crippen LogP contribution < -0.4 is 10.9 Å². The number of benzene rings is 2. The van der Waals surface area contributed by atoms with Crippen LogP contribution in [-0.4, -0.2) is 15.5 Å². The number of carbonyl (C=O) groups is 1. The van der Waals surface area contributed by atoms with Crippen molar-refractivity contribution in [1.29, 1.82) is 0 Å². The van der Waals surface area contributed by atoms with Gasteiger partial charge in [-0.05, 0) is 62.1 Å². The number of hydrogen-bond acceptors (Lipinski definition) is 3. The van der Waals surface area contributed by atoms with Crippen LogP contribution in [0.5, 0.6) is 0 Å². The SMILES string of the molecule is Cc1cc2nc(C(F)(F)F)c(=O)n(CC(=O)Nc3c(C)cccc3C)c2cc1C. The lowest BCUT2D eigenvalue weighted by Crippen LogP contribution is -2.34. The van der Waals surface area contributed by atoms with Crippen molar-refractivity contribution in [1.82, 2.24) is 9.55 Å². The van der Waals surface area contributed by atoms with E-state index in [1.54, 1.807) is 19.9 Å². The van der Waals surface area contributed by atoms with Crippen LogP contribution in [0, 0.1) is 27.7 Å². The molecule has 29 heavy (non-hydrogen) atoms. The number of nitrogens with one attached hydrogen (secondary N) is 1. The van der Waals surface area contributed by atoms with Crippen molar-refractivity contribution < 1.29 is 18.0 Å². The fraction of sp³-hybridized carbons (Fsp3) is 0.286. The number of fused-ring (bicyclic) bond motifs is 1. The van der Waals surface area contributed by atoms with E-state index in [-0.39, 0.29) is 11.0 Å². The highest BCUT2D eigenvalue weighted by molar-refractivity contribution is 5.93. The molecule has 0 aliphatic rings. The Morgan fingerprint density at radius 1 is 1.03 bits per heavy atom. The fourth-order valence-corrected chi connectivity index (χ4v) is 3.17. The van der Waals surface area contributed by atoms with E-state index in [1.165, 1.54) is 6.07 Å². The highest BCUT2D eigenvalue weighted by Gasteiger charge is 2.37. The molecule has 0 fully saturated rings. The van der Waals surface area contributed by atoms with Gasteiger partial charge in [0.25, 0.3) is 5.56 Å². The van der Waals surface area contributed by atoms with Crippen LogP contribution >= 0.6 is 0 Å². The number of aromatic nitrogens is 2. The maximum absolute atomic E-state index is 13.4. The number of nitrogens with zero attached hydrogens (tertiary/aromatic N) is 2. The third-order valence-electron chi connectivity index (χ3n) is 4.88. The third-order valence-corrected chi connectivity index (χ3v) is 4.88. The maximum atomic E-state index is 13.4. The van der Waals surface area contributed by atoms with Crippen molar-refractivity contribution in [2.75, 3.05) is 5.32 Å². The number of alkyl halides is 3. The number of anilines is 1. The number of hydrogen-bond donors (Lipinski definition) is 1. The zero-order chi connectivity index (χ0) is 21.5. The summed E-state index contributed by atoms with van der Waals surface area (Å²) in [5.74, 6) is -0.594. The van der Waals surface area contributed by atoms with E-state index in [0.717, 1.165) is 26.8 Å². The second-order valence-electron chi connectivity index (χ2n) is 7.09. The average Bonchev–Trinajstić information content (AvgIpc) is 2.61. The summed E-state index contributed by atoms with van der Waals surface area (Å²) in [5.41, 5.74) is 1.04. The van der Waals surface area contributed by atoms with Crippen LogP contribution in [0.4, 0.5) is 18.9 Å². The summed E-state index contributed by atoms with van der Waals surface area (Å²) < 4.78 is 40.9. The predicted molar refractivity (Wildman–Crippen MR) is 105 cm³/mol. The smallest absolute Gasteiger partial charge is 0.324 e. The molecule has 0 unspecified atom stereocenters. The zero-order valence-electron chi connectivity index (χ0n) is 16.4. The lowest BCUT2D eigenvalue weighted by atomic mass is 10.1. The fourth-order valence-electron chi connectivity index (χ4n) is 3.17. The Balaban J connectivity index is 2.12. The van der Waals surface area contributed by atoms with Crippen LogP contribution in [0.25, 0.3) is 11.0 Å². The van der Waals surface area contributed by atoms with E-state index in [1.807, 2.05) is 32.0 Å². The Labute approximate surface area is 165 Å². The summed E-state index contributed by atoms with van der Waals surface area (Å²) >= 11 is 0. The molecule has 0 aliphatic carbocycles. The lowest BCUT2D eigenvalue weighted by molar-refractivity contribution is -0.142. The zero-order valence-corrected chi connectivity index (χ0v) is 16.4. The minimum atomic E-state index is -4.92. The Hall–Kier alpha value is -3.16. The van der Waals surface area contributed by atoms with Gasteiger partial charge in [-0.25, -0.2) is 4.98 Å². The van der Waals surface area contributed by atoms with Crippen molar-refractivity contribution in [3.8, 4) is 0 Å². The molecule has 1 heterocycles. The molecule has 0 atom stereocenters. The molecule has 5 nitrogen and oxygen atoms in total. The maximum Gasteiger partial charge on any atom is 0.438 e. The Bertz CT molecular complexity index is 1160. The highest BCUT2D eigenvalue weighted by atomic mass is 19.4. The number of aryl methyl sites for hydroxylation is 4. The van der Waals surface area contributed by atoms with Crippen LogP contribution in [0.15, 0.2) is 35.1 Å². The molecule has 0 saturated carbocycles. The van der Waals surface area contributed by atoms with E-state index >= 15 is 0 Å². The van der Waals surface area contributed by atoms with E-state index in [9.17, 15) is 22.8 Å². The Morgan fingerprint density at radius 3 is 2.21 bits per heavy atom. The first-order valence-electron chi connectivity index (χ1n) is 8.94. The molecule has 1 aromatic heterocycles. The van der Waals surface area contributed by atoms with Gasteiger partial charge < -0.3 is 5.32 Å². The molecule has 3 rings (SSSR count). The van der Waals surface area contributed by atoms with E-state index in [2.05, 4.69) is 10.3 Å². The first kappa shape index (κ1) is 20.6. The molecule has 1 N–H and O–H groups in total. The summed E-state index contributed by atoms with van der Waals surface area (Å²) in [7, 11) is 0. The molecule has 8 heteroatoms. The second kappa shape index (κ2) is 7.35. The van der Waals surface area contributed by atoms with Crippen LogP contribution in [0.3, 0.4) is 0 Å². The van der Waals surface area contributed by atoms with Crippen molar-refractivity contribution >= 4 is 22.6 Å². The number of amides is 1. The molecule has 0 radical (unpaired) electrons. The molecule has 0 bridgehead atoms. The molecular formula is C21H20F3N3O2. The summed E-state index contributed by atoms with van der Waals surface area (Å²) in [5, 5.41) is 2.70. The van der Waals surface area contributed by atoms with Gasteiger partial charge in [0, 0.05) is 5.69 Å². The number of rotatable bonds is 3. The van der Waals surface area contributed by atoms with Gasteiger partial charge >= 0.3 is 6.18 Å². The van der Waals surface area contributed by atoms with Crippen LogP contribution in [0.2, 0.25) is 0 Å². The topological polar surface area (TPSA) is 64.0 Å². The highest BCUT2D eigenvalue weighted by Crippen LogP contribution is 2.27. The van der Waals surface area contributed by atoms with Crippen molar-refractivity contribution in [3.05, 3.63) is 68.6 Å². The molecule has 3 aromatic rings. The van der Waals surface area contributed by atoms with Gasteiger partial charge in [-0.1, -0.05) is 18.2 Å². The summed E-state index contributed by atoms with van der Waals surface area (Å²) in [4.78, 5) is 28.7. The van der Waals surface area contributed by atoms with Gasteiger partial charge in [0.05, 0.1) is 11.0 Å². The Kier molecular flexibility index (Phi) is 5.21. The summed E-state index contributed by atoms with van der Waals surface area (Å²) in [6.45, 7) is 6.58. The number of halogens is 3. The Morgan fingerprint density at radius 2 is 1.62 bits per heavy atom. The largest absolute Gasteiger partial charge is 0.438 e. The molecule has 0 aliphatic heterocycles. The van der Waals surface area contributed by atoms with Gasteiger partial charge in [-0.15, -0.1) is 0 Å². The molecule has 2 aromatic carbocycles. The quantitative estimate of drug-likeness (QED) is 0.710. The minimum Gasteiger partial charge on any atom is -0.324 e. The van der Waals surface area contributed by atoms with Gasteiger partial charge in [-0.3, -0.25) is 14.2 Å². The summed E-state index contributed by atoms with van der Waals surface area (Å²) in [6.07, 6.45) is -4.92. The van der Waals surface area contributed by atoms with Crippen molar-refractivity contribution in [3.63, 3.8) is 0 Å². The molecule has 0 saturated heterocycles. The molecular weight excluding hydrogens is 383 g/mol. The van der Waals surface area contributed by atoms with E-state index in [0.29, 0.717) is 5.69 Å². The van der Waals surface area contributed by atoms with Crippen molar-refractivity contribution in [2.24, 2.45) is 0 Å². The number of carbonyl (C=O) groups excluding carboxylic acids is 1. The number of para-hydroxylation sites is 1. The third kappa shape index (κ3) is 4.01. The first-order valence-corrected chi connectivity index (χ1v) is 8.94.